The molecular formula is C19H17Cl2N3O3S. The van der Waals surface area contributed by atoms with Gasteiger partial charge < -0.3 is 14.5 Å². The topological polar surface area (TPSA) is 77.2 Å². The second-order valence-corrected chi connectivity index (χ2v) is 7.99. The molecule has 6 nitrogen and oxygen atoms in total. The maximum atomic E-state index is 12.4. The van der Waals surface area contributed by atoms with Crippen LogP contribution in [-0.4, -0.2) is 21.4 Å². The van der Waals surface area contributed by atoms with E-state index in [-0.39, 0.29) is 17.7 Å². The summed E-state index contributed by atoms with van der Waals surface area (Å²) in [5.41, 5.74) is 1.54. The van der Waals surface area contributed by atoms with Crippen molar-refractivity contribution in [1.82, 2.24) is 10.2 Å². The van der Waals surface area contributed by atoms with Crippen molar-refractivity contribution >= 4 is 46.6 Å². The predicted molar refractivity (Wildman–Crippen MR) is 110 cm³/mol. The standard InChI is InChI=1S/C19H17Cl2N3O3S/c1-11-5-3-6-13(9-11)26-10-16-23-24-19(27-16)28-12(2)18(25)22-15-8-4-7-14(20)17(15)21/h3-9,12H,10H2,1-2H3,(H,22,25). The number of anilines is 1. The lowest BCUT2D eigenvalue weighted by atomic mass is 10.2. The Morgan fingerprint density at radius 1 is 1.25 bits per heavy atom. The molecule has 3 rings (SSSR count). The number of rotatable bonds is 7. The minimum atomic E-state index is -0.485. The Morgan fingerprint density at radius 2 is 2.04 bits per heavy atom. The van der Waals surface area contributed by atoms with E-state index in [4.69, 9.17) is 32.4 Å². The first-order chi connectivity index (χ1) is 13.4. The fourth-order valence-electron chi connectivity index (χ4n) is 2.23. The van der Waals surface area contributed by atoms with Gasteiger partial charge in [0.05, 0.1) is 21.0 Å². The number of ether oxygens (including phenoxy) is 1. The summed E-state index contributed by atoms with van der Waals surface area (Å²) in [6, 6.07) is 12.7. The molecule has 0 aliphatic carbocycles. The van der Waals surface area contributed by atoms with Crippen LogP contribution in [0.15, 0.2) is 52.1 Å². The Labute approximate surface area is 176 Å². The van der Waals surface area contributed by atoms with E-state index in [9.17, 15) is 4.79 Å². The number of amides is 1. The van der Waals surface area contributed by atoms with Gasteiger partial charge in [0.1, 0.15) is 5.75 Å². The zero-order chi connectivity index (χ0) is 20.1. The highest BCUT2D eigenvalue weighted by Gasteiger charge is 2.20. The third kappa shape index (κ3) is 5.41. The molecule has 28 heavy (non-hydrogen) atoms. The molecule has 9 heteroatoms. The van der Waals surface area contributed by atoms with E-state index >= 15 is 0 Å². The lowest BCUT2D eigenvalue weighted by molar-refractivity contribution is -0.115. The molecule has 1 heterocycles. The van der Waals surface area contributed by atoms with Crippen molar-refractivity contribution in [2.45, 2.75) is 30.9 Å². The molecular weight excluding hydrogens is 421 g/mol. The van der Waals surface area contributed by atoms with Crippen LogP contribution in [0.5, 0.6) is 5.75 Å². The average molecular weight is 438 g/mol. The fraction of sp³-hybridized carbons (Fsp3) is 0.211. The second kappa shape index (κ2) is 9.32. The molecule has 1 N–H and O–H groups in total. The van der Waals surface area contributed by atoms with E-state index in [0.29, 0.717) is 21.6 Å². The van der Waals surface area contributed by atoms with Gasteiger partial charge in [0, 0.05) is 0 Å². The summed E-state index contributed by atoms with van der Waals surface area (Å²) in [5, 5.41) is 11.1. The number of halogens is 2. The molecule has 0 spiro atoms. The number of aromatic nitrogens is 2. The highest BCUT2D eigenvalue weighted by atomic mass is 35.5. The fourth-order valence-corrected chi connectivity index (χ4v) is 3.28. The summed E-state index contributed by atoms with van der Waals surface area (Å²) < 4.78 is 11.2. The molecule has 1 amide bonds. The van der Waals surface area contributed by atoms with Crippen LogP contribution in [0.3, 0.4) is 0 Å². The van der Waals surface area contributed by atoms with Gasteiger partial charge in [-0.25, -0.2) is 0 Å². The van der Waals surface area contributed by atoms with E-state index in [0.717, 1.165) is 23.1 Å². The summed E-state index contributed by atoms with van der Waals surface area (Å²) in [7, 11) is 0. The molecule has 0 radical (unpaired) electrons. The van der Waals surface area contributed by atoms with Crippen LogP contribution < -0.4 is 10.1 Å². The summed E-state index contributed by atoms with van der Waals surface area (Å²) in [4.78, 5) is 12.4. The van der Waals surface area contributed by atoms with E-state index in [1.54, 1.807) is 25.1 Å². The highest BCUT2D eigenvalue weighted by molar-refractivity contribution is 8.00. The molecule has 0 fully saturated rings. The third-order valence-electron chi connectivity index (χ3n) is 3.66. The van der Waals surface area contributed by atoms with Crippen LogP contribution in [-0.2, 0) is 11.4 Å². The van der Waals surface area contributed by atoms with Gasteiger partial charge in [0.25, 0.3) is 11.1 Å². The molecule has 0 aliphatic heterocycles. The van der Waals surface area contributed by atoms with Crippen molar-refractivity contribution in [2.75, 3.05) is 5.32 Å². The van der Waals surface area contributed by atoms with E-state index in [2.05, 4.69) is 15.5 Å². The SMILES string of the molecule is Cc1cccc(OCc2nnc(SC(C)C(=O)Nc3cccc(Cl)c3Cl)o2)c1. The average Bonchev–Trinajstić information content (AvgIpc) is 3.11. The molecule has 1 atom stereocenters. The first-order valence-electron chi connectivity index (χ1n) is 8.36. The lowest BCUT2D eigenvalue weighted by Crippen LogP contribution is -2.22. The summed E-state index contributed by atoms with van der Waals surface area (Å²) in [5.74, 6) is 0.790. The maximum absolute atomic E-state index is 12.4. The third-order valence-corrected chi connectivity index (χ3v) is 5.41. The molecule has 1 aromatic heterocycles. The molecule has 0 aliphatic rings. The normalized spacial score (nSPS) is 11.9. The van der Waals surface area contributed by atoms with Crippen molar-refractivity contribution in [2.24, 2.45) is 0 Å². The number of hydrogen-bond acceptors (Lipinski definition) is 6. The Kier molecular flexibility index (Phi) is 6.83. The Hall–Kier alpha value is -2.22. The van der Waals surface area contributed by atoms with E-state index < -0.39 is 5.25 Å². The monoisotopic (exact) mass is 437 g/mol. The molecule has 3 aromatic rings. The van der Waals surface area contributed by atoms with Crippen molar-refractivity contribution < 1.29 is 13.9 Å². The second-order valence-electron chi connectivity index (χ2n) is 5.92. The lowest BCUT2D eigenvalue weighted by Gasteiger charge is -2.11. The molecule has 1 unspecified atom stereocenters. The zero-order valence-corrected chi connectivity index (χ0v) is 17.4. The van der Waals surface area contributed by atoms with Gasteiger partial charge in [-0.05, 0) is 43.7 Å². The summed E-state index contributed by atoms with van der Waals surface area (Å²) in [6.45, 7) is 3.86. The van der Waals surface area contributed by atoms with Gasteiger partial charge in [-0.1, -0.05) is 53.2 Å². The van der Waals surface area contributed by atoms with Crippen LogP contribution in [0.4, 0.5) is 5.69 Å². The zero-order valence-electron chi connectivity index (χ0n) is 15.1. The first kappa shape index (κ1) is 20.5. The molecule has 146 valence electrons. The molecule has 0 saturated carbocycles. The minimum Gasteiger partial charge on any atom is -0.484 e. The Morgan fingerprint density at radius 3 is 2.82 bits per heavy atom. The van der Waals surface area contributed by atoms with Crippen molar-refractivity contribution in [3.8, 4) is 5.75 Å². The predicted octanol–water partition coefficient (Wildman–Crippen LogP) is 5.38. The van der Waals surface area contributed by atoms with Crippen molar-refractivity contribution in [3.63, 3.8) is 0 Å². The number of aryl methyl sites for hydroxylation is 1. The molecule has 0 saturated heterocycles. The van der Waals surface area contributed by atoms with Crippen LogP contribution in [0.2, 0.25) is 10.0 Å². The van der Waals surface area contributed by atoms with Gasteiger partial charge >= 0.3 is 0 Å². The minimum absolute atomic E-state index is 0.149. The van der Waals surface area contributed by atoms with Crippen LogP contribution in [0, 0.1) is 6.92 Å². The number of hydrogen-bond donors (Lipinski definition) is 1. The van der Waals surface area contributed by atoms with Crippen molar-refractivity contribution in [1.29, 1.82) is 0 Å². The van der Waals surface area contributed by atoms with Crippen LogP contribution in [0.25, 0.3) is 0 Å². The smallest absolute Gasteiger partial charge is 0.277 e. The van der Waals surface area contributed by atoms with Gasteiger partial charge in [0.15, 0.2) is 6.61 Å². The number of benzene rings is 2. The van der Waals surface area contributed by atoms with E-state index in [1.165, 1.54) is 0 Å². The molecule has 0 bridgehead atoms. The van der Waals surface area contributed by atoms with Gasteiger partial charge in [-0.3, -0.25) is 4.79 Å². The quantitative estimate of drug-likeness (QED) is 0.499. The first-order valence-corrected chi connectivity index (χ1v) is 9.99. The maximum Gasteiger partial charge on any atom is 0.277 e. The van der Waals surface area contributed by atoms with Crippen LogP contribution in [0.1, 0.15) is 18.4 Å². The van der Waals surface area contributed by atoms with Gasteiger partial charge in [-0.2, -0.15) is 0 Å². The number of carbonyl (C=O) groups is 1. The number of nitrogens with zero attached hydrogens (tertiary/aromatic N) is 2. The Balaban J connectivity index is 1.55. The largest absolute Gasteiger partial charge is 0.484 e. The van der Waals surface area contributed by atoms with E-state index in [1.807, 2.05) is 31.2 Å². The summed E-state index contributed by atoms with van der Waals surface area (Å²) in [6.07, 6.45) is 0. The van der Waals surface area contributed by atoms with Gasteiger partial charge in [0.2, 0.25) is 5.91 Å². The number of thioether (sulfide) groups is 1. The van der Waals surface area contributed by atoms with Crippen LogP contribution >= 0.6 is 35.0 Å². The summed E-state index contributed by atoms with van der Waals surface area (Å²) >= 11 is 13.2. The Bertz CT molecular complexity index is 981. The highest BCUT2D eigenvalue weighted by Crippen LogP contribution is 2.30. The van der Waals surface area contributed by atoms with Crippen molar-refractivity contribution in [3.05, 3.63) is 64.0 Å². The number of nitrogens with one attached hydrogen (secondary N) is 1. The number of carbonyl (C=O) groups excluding carboxylic acids is 1. The van der Waals surface area contributed by atoms with Gasteiger partial charge in [-0.15, -0.1) is 10.2 Å². The molecule has 2 aromatic carbocycles.